The van der Waals surface area contributed by atoms with E-state index in [1.165, 1.54) is 0 Å². The van der Waals surface area contributed by atoms with Gasteiger partial charge in [0.25, 0.3) is 0 Å². The Morgan fingerprint density at radius 3 is 1.56 bits per heavy atom. The highest BCUT2D eigenvalue weighted by Gasteiger charge is 2.18. The second kappa shape index (κ2) is 7.36. The normalized spacial score (nSPS) is 12.1. The third-order valence-corrected chi connectivity index (χ3v) is 5.20. The first-order valence-electron chi connectivity index (χ1n) is 9.14. The van der Waals surface area contributed by atoms with Crippen molar-refractivity contribution < 1.29 is 15.3 Å². The molecule has 3 heteroatoms. The third-order valence-electron chi connectivity index (χ3n) is 5.20. The molecule has 1 unspecified atom stereocenters. The lowest BCUT2D eigenvalue weighted by Crippen LogP contribution is -2.07. The molecule has 0 saturated carbocycles. The predicted molar refractivity (Wildman–Crippen MR) is 109 cm³/mol. The monoisotopic (exact) mass is 362 g/mol. The Balaban J connectivity index is 2.09. The van der Waals surface area contributed by atoms with Gasteiger partial charge in [0, 0.05) is 5.92 Å². The van der Waals surface area contributed by atoms with E-state index in [1.807, 2.05) is 64.1 Å². The molecule has 0 amide bonds. The molecule has 0 aliphatic carbocycles. The van der Waals surface area contributed by atoms with Crippen molar-refractivity contribution in [1.29, 1.82) is 0 Å². The number of rotatable bonds is 4. The second-order valence-corrected chi connectivity index (χ2v) is 7.43. The smallest absolute Gasteiger partial charge is 0.121 e. The number of phenols is 3. The van der Waals surface area contributed by atoms with E-state index in [1.54, 1.807) is 12.1 Å². The first-order valence-corrected chi connectivity index (χ1v) is 9.14. The van der Waals surface area contributed by atoms with Gasteiger partial charge in [-0.2, -0.15) is 0 Å². The van der Waals surface area contributed by atoms with E-state index < -0.39 is 0 Å². The lowest BCUT2D eigenvalue weighted by Gasteiger charge is -2.21. The molecule has 0 bridgehead atoms. The van der Waals surface area contributed by atoms with Crippen LogP contribution in [0.25, 0.3) is 0 Å². The van der Waals surface area contributed by atoms with E-state index >= 15 is 0 Å². The summed E-state index contributed by atoms with van der Waals surface area (Å²) >= 11 is 0. The fraction of sp³-hybridized carbons (Fsp3) is 0.250. The van der Waals surface area contributed by atoms with Crippen molar-refractivity contribution >= 4 is 0 Å². The maximum Gasteiger partial charge on any atom is 0.121 e. The minimum Gasteiger partial charge on any atom is -0.508 e. The summed E-state index contributed by atoms with van der Waals surface area (Å²) in [5.41, 5.74) is 6.81. The van der Waals surface area contributed by atoms with Gasteiger partial charge in [0.05, 0.1) is 0 Å². The summed E-state index contributed by atoms with van der Waals surface area (Å²) in [5.74, 6) is 0.995. The van der Waals surface area contributed by atoms with Crippen LogP contribution in [0.5, 0.6) is 17.2 Å². The highest BCUT2D eigenvalue weighted by molar-refractivity contribution is 5.48. The fourth-order valence-electron chi connectivity index (χ4n) is 3.72. The van der Waals surface area contributed by atoms with Crippen LogP contribution in [-0.4, -0.2) is 15.3 Å². The Morgan fingerprint density at radius 1 is 0.630 bits per heavy atom. The molecule has 0 aliphatic heterocycles. The van der Waals surface area contributed by atoms with Gasteiger partial charge in [-0.3, -0.25) is 0 Å². The molecule has 3 nitrogen and oxygen atoms in total. The molecule has 3 aromatic carbocycles. The Morgan fingerprint density at radius 2 is 1.07 bits per heavy atom. The van der Waals surface area contributed by atoms with E-state index in [-0.39, 0.29) is 11.7 Å². The molecular formula is C24H26O3. The van der Waals surface area contributed by atoms with Crippen molar-refractivity contribution in [3.63, 3.8) is 0 Å². The average molecular weight is 362 g/mol. The van der Waals surface area contributed by atoms with Crippen molar-refractivity contribution in [2.75, 3.05) is 0 Å². The van der Waals surface area contributed by atoms with Crippen LogP contribution < -0.4 is 0 Å². The molecule has 1 atom stereocenters. The number of aromatic hydroxyl groups is 3. The van der Waals surface area contributed by atoms with Crippen molar-refractivity contribution in [3.05, 3.63) is 87.5 Å². The molecule has 0 aliphatic rings. The Bertz CT molecular complexity index is 925. The van der Waals surface area contributed by atoms with Crippen LogP contribution in [-0.2, 0) is 6.42 Å². The molecule has 0 radical (unpaired) electrons. The average Bonchev–Trinajstić information content (AvgIpc) is 2.62. The number of hydrogen-bond acceptors (Lipinski definition) is 3. The summed E-state index contributed by atoms with van der Waals surface area (Å²) in [6.07, 6.45) is 0.760. The molecule has 3 aromatic rings. The van der Waals surface area contributed by atoms with Crippen LogP contribution in [0.1, 0.15) is 44.9 Å². The summed E-state index contributed by atoms with van der Waals surface area (Å²) in [4.78, 5) is 0. The minimum atomic E-state index is 0.0759. The maximum absolute atomic E-state index is 10.2. The Hall–Kier alpha value is -2.94. The molecule has 0 heterocycles. The standard InChI is InChI=1S/C24H26O3/c1-14-9-18(10-15(2)23(14)26)13-22(19-5-7-21(25)8-6-19)20-11-16(3)24(27)17(4)12-20/h5-12,22,25-27H,13H2,1-4H3. The number of aryl methyl sites for hydroxylation is 4. The predicted octanol–water partition coefficient (Wildman–Crippen LogP) is 5.41. The third kappa shape index (κ3) is 3.92. The van der Waals surface area contributed by atoms with Gasteiger partial charge >= 0.3 is 0 Å². The Kier molecular flexibility index (Phi) is 5.13. The van der Waals surface area contributed by atoms with Gasteiger partial charge < -0.3 is 15.3 Å². The van der Waals surface area contributed by atoms with Crippen LogP contribution in [0.4, 0.5) is 0 Å². The van der Waals surface area contributed by atoms with Crippen LogP contribution in [0.15, 0.2) is 48.5 Å². The van der Waals surface area contributed by atoms with Gasteiger partial charge in [-0.15, -0.1) is 0 Å². The molecule has 27 heavy (non-hydrogen) atoms. The summed E-state index contributed by atoms with van der Waals surface area (Å²) < 4.78 is 0. The molecule has 3 rings (SSSR count). The molecule has 0 saturated heterocycles. The highest BCUT2D eigenvalue weighted by atomic mass is 16.3. The van der Waals surface area contributed by atoms with Gasteiger partial charge in [0.2, 0.25) is 0 Å². The molecule has 140 valence electrons. The zero-order chi connectivity index (χ0) is 19.7. The van der Waals surface area contributed by atoms with E-state index in [4.69, 9.17) is 0 Å². The maximum atomic E-state index is 10.2. The zero-order valence-corrected chi connectivity index (χ0v) is 16.2. The molecule has 0 fully saturated rings. The van der Waals surface area contributed by atoms with Gasteiger partial charge in [0.1, 0.15) is 17.2 Å². The van der Waals surface area contributed by atoms with Gasteiger partial charge in [0.15, 0.2) is 0 Å². The SMILES string of the molecule is Cc1cc(CC(c2ccc(O)cc2)c2cc(C)c(O)c(C)c2)cc(C)c1O. The van der Waals surface area contributed by atoms with E-state index in [0.29, 0.717) is 11.5 Å². The van der Waals surface area contributed by atoms with E-state index in [0.717, 1.165) is 45.4 Å². The van der Waals surface area contributed by atoms with Crippen molar-refractivity contribution in [3.8, 4) is 17.2 Å². The lowest BCUT2D eigenvalue weighted by molar-refractivity contribution is 0.465. The summed E-state index contributed by atoms with van der Waals surface area (Å²) in [6.45, 7) is 7.65. The van der Waals surface area contributed by atoms with Crippen LogP contribution in [0.2, 0.25) is 0 Å². The first-order chi connectivity index (χ1) is 12.8. The van der Waals surface area contributed by atoms with E-state index in [9.17, 15) is 15.3 Å². The minimum absolute atomic E-state index is 0.0759. The molecular weight excluding hydrogens is 336 g/mol. The lowest BCUT2D eigenvalue weighted by atomic mass is 9.84. The van der Waals surface area contributed by atoms with Crippen molar-refractivity contribution in [2.45, 2.75) is 40.0 Å². The Labute approximate surface area is 160 Å². The summed E-state index contributed by atoms with van der Waals surface area (Å²) in [7, 11) is 0. The van der Waals surface area contributed by atoms with Crippen LogP contribution >= 0.6 is 0 Å². The van der Waals surface area contributed by atoms with Crippen LogP contribution in [0, 0.1) is 27.7 Å². The second-order valence-electron chi connectivity index (χ2n) is 7.43. The summed E-state index contributed by atoms with van der Waals surface area (Å²) in [6, 6.07) is 15.4. The van der Waals surface area contributed by atoms with Crippen LogP contribution in [0.3, 0.4) is 0 Å². The number of phenolic OH excluding ortho intramolecular Hbond substituents is 3. The van der Waals surface area contributed by atoms with Crippen molar-refractivity contribution in [1.82, 2.24) is 0 Å². The van der Waals surface area contributed by atoms with Gasteiger partial charge in [-0.25, -0.2) is 0 Å². The zero-order valence-electron chi connectivity index (χ0n) is 16.2. The van der Waals surface area contributed by atoms with E-state index in [2.05, 4.69) is 0 Å². The van der Waals surface area contributed by atoms with Crippen molar-refractivity contribution in [2.24, 2.45) is 0 Å². The number of hydrogen-bond donors (Lipinski definition) is 3. The largest absolute Gasteiger partial charge is 0.508 e. The molecule has 0 spiro atoms. The van der Waals surface area contributed by atoms with Gasteiger partial charge in [-0.05, 0) is 85.2 Å². The van der Waals surface area contributed by atoms with Gasteiger partial charge in [-0.1, -0.05) is 36.4 Å². The number of benzene rings is 3. The molecule has 3 N–H and O–H groups in total. The topological polar surface area (TPSA) is 60.7 Å². The summed E-state index contributed by atoms with van der Waals surface area (Å²) in [5, 5.41) is 29.9. The highest BCUT2D eigenvalue weighted by Crippen LogP contribution is 2.35. The first kappa shape index (κ1) is 18.8. The quantitative estimate of drug-likeness (QED) is 0.581. The fourth-order valence-corrected chi connectivity index (χ4v) is 3.72. The molecule has 0 aromatic heterocycles.